The summed E-state index contributed by atoms with van der Waals surface area (Å²) < 4.78 is 0. The molecule has 4 nitrogen and oxygen atoms in total. The van der Waals surface area contributed by atoms with E-state index in [1.807, 2.05) is 27.7 Å². The van der Waals surface area contributed by atoms with Gasteiger partial charge in [0.2, 0.25) is 0 Å². The van der Waals surface area contributed by atoms with Crippen LogP contribution in [-0.2, 0) is 9.59 Å². The van der Waals surface area contributed by atoms with E-state index < -0.39 is 11.9 Å². The predicted octanol–water partition coefficient (Wildman–Crippen LogP) is 6.53. The second-order valence-corrected chi connectivity index (χ2v) is 8.80. The smallest absolute Gasteiger partial charge is 0.303 e. The molecule has 0 rings (SSSR count). The van der Waals surface area contributed by atoms with E-state index in [0.717, 1.165) is 25.7 Å². The van der Waals surface area contributed by atoms with Crippen molar-refractivity contribution in [2.24, 2.45) is 10.8 Å². The summed E-state index contributed by atoms with van der Waals surface area (Å²) in [6.07, 6.45) is 12.0. The van der Waals surface area contributed by atoms with Crippen LogP contribution in [0.25, 0.3) is 0 Å². The largest absolute Gasteiger partial charge is 0.481 e. The minimum absolute atomic E-state index is 0. The minimum atomic E-state index is -0.702. The fraction of sp³-hybridized carbons (Fsp3) is 0.905. The van der Waals surface area contributed by atoms with Gasteiger partial charge in [0.15, 0.2) is 0 Å². The third-order valence-corrected chi connectivity index (χ3v) is 4.72. The monoisotopic (exact) mass is 358 g/mol. The maximum atomic E-state index is 10.8. The number of rotatable bonds is 15. The molecule has 0 spiro atoms. The van der Waals surface area contributed by atoms with Gasteiger partial charge in [-0.05, 0) is 23.7 Å². The van der Waals surface area contributed by atoms with Gasteiger partial charge >= 0.3 is 11.9 Å². The van der Waals surface area contributed by atoms with Crippen LogP contribution in [0, 0.1) is 10.8 Å². The number of hydrogen-bond donors (Lipinski definition) is 2. The van der Waals surface area contributed by atoms with Gasteiger partial charge in [0, 0.05) is 0 Å². The van der Waals surface area contributed by atoms with Gasteiger partial charge < -0.3 is 10.2 Å². The molecule has 0 aliphatic carbocycles. The zero-order valence-corrected chi connectivity index (χ0v) is 16.2. The zero-order valence-electron chi connectivity index (χ0n) is 16.2. The van der Waals surface area contributed by atoms with Crippen LogP contribution in [0.4, 0.5) is 0 Å². The van der Waals surface area contributed by atoms with Gasteiger partial charge in [-0.15, -0.1) is 0 Å². The van der Waals surface area contributed by atoms with Gasteiger partial charge in [0.1, 0.15) is 0 Å². The SMILES string of the molecule is C.CC(C)(CCCCCCCCCCC(C)(C)CC(=O)O)CC(=O)O. The molecule has 150 valence electrons. The Labute approximate surface area is 155 Å². The Hall–Kier alpha value is -1.06. The van der Waals surface area contributed by atoms with Crippen molar-refractivity contribution in [3.63, 3.8) is 0 Å². The van der Waals surface area contributed by atoms with Crippen molar-refractivity contribution in [3.05, 3.63) is 0 Å². The maximum absolute atomic E-state index is 10.8. The molecule has 0 aromatic rings. The molecule has 4 heteroatoms. The van der Waals surface area contributed by atoms with Gasteiger partial charge in [-0.1, -0.05) is 86.5 Å². The number of aliphatic carboxylic acids is 2. The normalized spacial score (nSPS) is 11.8. The van der Waals surface area contributed by atoms with Gasteiger partial charge in [-0.25, -0.2) is 0 Å². The van der Waals surface area contributed by atoms with Crippen molar-refractivity contribution in [1.82, 2.24) is 0 Å². The lowest BCUT2D eigenvalue weighted by Crippen LogP contribution is -2.16. The quantitative estimate of drug-likeness (QED) is 0.326. The topological polar surface area (TPSA) is 74.6 Å². The second-order valence-electron chi connectivity index (χ2n) is 8.80. The molecule has 25 heavy (non-hydrogen) atoms. The number of carboxylic acid groups (broad SMARTS) is 2. The van der Waals surface area contributed by atoms with Crippen molar-refractivity contribution in [1.29, 1.82) is 0 Å². The molecule has 0 saturated heterocycles. The first kappa shape index (κ1) is 26.2. The fourth-order valence-corrected chi connectivity index (χ4v) is 3.26. The highest BCUT2D eigenvalue weighted by molar-refractivity contribution is 5.67. The van der Waals surface area contributed by atoms with Gasteiger partial charge in [0.25, 0.3) is 0 Å². The molecule has 2 N–H and O–H groups in total. The molecule has 0 aliphatic rings. The average Bonchev–Trinajstić information content (AvgIpc) is 2.37. The van der Waals surface area contributed by atoms with Crippen LogP contribution in [-0.4, -0.2) is 22.2 Å². The van der Waals surface area contributed by atoms with Crippen LogP contribution in [0.15, 0.2) is 0 Å². The van der Waals surface area contributed by atoms with Crippen LogP contribution in [0.3, 0.4) is 0 Å². The molecular formula is C21H42O4. The zero-order chi connectivity index (χ0) is 18.6. The summed E-state index contributed by atoms with van der Waals surface area (Å²) in [5, 5.41) is 17.7. The molecule has 0 saturated carbocycles. The molecule has 0 amide bonds. The molecule has 0 radical (unpaired) electrons. The fourth-order valence-electron chi connectivity index (χ4n) is 3.26. The van der Waals surface area contributed by atoms with Gasteiger partial charge in [-0.3, -0.25) is 9.59 Å². The van der Waals surface area contributed by atoms with E-state index in [1.165, 1.54) is 38.5 Å². The number of hydrogen-bond acceptors (Lipinski definition) is 2. The summed E-state index contributed by atoms with van der Waals surface area (Å²) in [4.78, 5) is 21.5. The van der Waals surface area contributed by atoms with E-state index in [1.54, 1.807) is 0 Å². The first-order valence-corrected chi connectivity index (χ1v) is 9.48. The first-order chi connectivity index (χ1) is 11.0. The van der Waals surface area contributed by atoms with E-state index in [4.69, 9.17) is 10.2 Å². The van der Waals surface area contributed by atoms with Crippen LogP contribution >= 0.6 is 0 Å². The molecule has 0 atom stereocenters. The van der Waals surface area contributed by atoms with Gasteiger partial charge in [-0.2, -0.15) is 0 Å². The predicted molar refractivity (Wildman–Crippen MR) is 105 cm³/mol. The average molecular weight is 359 g/mol. The van der Waals surface area contributed by atoms with Gasteiger partial charge in [0.05, 0.1) is 12.8 Å². The second kappa shape index (κ2) is 13.2. The van der Waals surface area contributed by atoms with Crippen molar-refractivity contribution in [2.75, 3.05) is 0 Å². The highest BCUT2D eigenvalue weighted by Gasteiger charge is 2.21. The van der Waals surface area contributed by atoms with E-state index in [-0.39, 0.29) is 31.1 Å². The Morgan fingerprint density at radius 3 is 1.08 bits per heavy atom. The highest BCUT2D eigenvalue weighted by atomic mass is 16.4. The van der Waals surface area contributed by atoms with Crippen molar-refractivity contribution in [2.45, 2.75) is 112 Å². The molecule has 0 heterocycles. The van der Waals surface area contributed by atoms with E-state index in [0.29, 0.717) is 0 Å². The van der Waals surface area contributed by atoms with Crippen LogP contribution < -0.4 is 0 Å². The summed E-state index contributed by atoms with van der Waals surface area (Å²) in [6, 6.07) is 0. The van der Waals surface area contributed by atoms with Crippen molar-refractivity contribution in [3.8, 4) is 0 Å². The summed E-state index contributed by atoms with van der Waals surface area (Å²) >= 11 is 0. The lowest BCUT2D eigenvalue weighted by Gasteiger charge is -2.22. The minimum Gasteiger partial charge on any atom is -0.481 e. The molecule has 0 unspecified atom stereocenters. The summed E-state index contributed by atoms with van der Waals surface area (Å²) in [7, 11) is 0. The molecule has 0 aromatic heterocycles. The molecule has 0 aromatic carbocycles. The van der Waals surface area contributed by atoms with Crippen LogP contribution in [0.5, 0.6) is 0 Å². The number of unbranched alkanes of at least 4 members (excludes halogenated alkanes) is 7. The standard InChI is InChI=1S/C20H38O4.CH4/c1-19(2,15-17(21)22)13-11-9-7-5-6-8-10-12-14-20(3,4)16-18(23)24;/h5-16H2,1-4H3,(H,21,22)(H,23,24);1H4. The summed E-state index contributed by atoms with van der Waals surface area (Å²) in [5.41, 5.74) is -0.177. The number of carboxylic acids is 2. The third kappa shape index (κ3) is 17.6. The van der Waals surface area contributed by atoms with Crippen LogP contribution in [0.1, 0.15) is 112 Å². The Kier molecular flexibility index (Phi) is 13.8. The maximum Gasteiger partial charge on any atom is 0.303 e. The molecule has 0 bridgehead atoms. The number of carbonyl (C=O) groups is 2. The van der Waals surface area contributed by atoms with E-state index in [2.05, 4.69) is 0 Å². The van der Waals surface area contributed by atoms with Crippen molar-refractivity contribution < 1.29 is 19.8 Å². The van der Waals surface area contributed by atoms with Crippen LogP contribution in [0.2, 0.25) is 0 Å². The Balaban J connectivity index is 0. The lowest BCUT2D eigenvalue weighted by molar-refractivity contribution is -0.140. The van der Waals surface area contributed by atoms with E-state index in [9.17, 15) is 9.59 Å². The highest BCUT2D eigenvalue weighted by Crippen LogP contribution is 2.29. The Morgan fingerprint density at radius 2 is 0.840 bits per heavy atom. The molecule has 0 aliphatic heterocycles. The summed E-state index contributed by atoms with van der Waals surface area (Å²) in [5.74, 6) is -1.40. The molecule has 0 fully saturated rings. The van der Waals surface area contributed by atoms with E-state index >= 15 is 0 Å². The lowest BCUT2D eigenvalue weighted by atomic mass is 9.83. The summed E-state index contributed by atoms with van der Waals surface area (Å²) in [6.45, 7) is 8.14. The Bertz CT molecular complexity index is 336. The first-order valence-electron chi connectivity index (χ1n) is 9.48. The third-order valence-electron chi connectivity index (χ3n) is 4.72. The Morgan fingerprint density at radius 1 is 0.600 bits per heavy atom. The van der Waals surface area contributed by atoms with Crippen molar-refractivity contribution >= 4 is 11.9 Å². The molecular weight excluding hydrogens is 316 g/mol.